The van der Waals surface area contributed by atoms with Crippen molar-refractivity contribution in [2.45, 2.75) is 38.6 Å². The number of hydrogen-bond acceptors (Lipinski definition) is 2. The van der Waals surface area contributed by atoms with Crippen LogP contribution in [0.3, 0.4) is 0 Å². The van der Waals surface area contributed by atoms with E-state index in [0.29, 0.717) is 5.92 Å². The first-order chi connectivity index (χ1) is 7.18. The lowest BCUT2D eigenvalue weighted by molar-refractivity contribution is 0.249. The molecule has 1 saturated carbocycles. The molecule has 0 aromatic carbocycles. The summed E-state index contributed by atoms with van der Waals surface area (Å²) in [5.74, 6) is 1.54. The Balaban J connectivity index is 2.07. The fraction of sp³-hybridized carbons (Fsp3) is 0.667. The van der Waals surface area contributed by atoms with Gasteiger partial charge in [-0.3, -0.25) is 0 Å². The molecule has 1 aromatic rings. The average Bonchev–Trinajstić information content (AvgIpc) is 2.63. The van der Waals surface area contributed by atoms with Crippen molar-refractivity contribution < 1.29 is 0 Å². The molecule has 15 heavy (non-hydrogen) atoms. The molecular weight excluding hydrogens is 270 g/mol. The van der Waals surface area contributed by atoms with Gasteiger partial charge in [0.15, 0.2) is 0 Å². The van der Waals surface area contributed by atoms with E-state index in [1.165, 1.54) is 35.0 Å². The highest BCUT2D eigenvalue weighted by Gasteiger charge is 2.26. The van der Waals surface area contributed by atoms with Crippen LogP contribution in [0.15, 0.2) is 15.9 Å². The lowest BCUT2D eigenvalue weighted by atomic mass is 9.78. The third kappa shape index (κ3) is 2.63. The highest BCUT2D eigenvalue weighted by Crippen LogP contribution is 2.39. The van der Waals surface area contributed by atoms with E-state index in [1.807, 2.05) is 0 Å². The fourth-order valence-corrected chi connectivity index (χ4v) is 4.30. The zero-order valence-corrected chi connectivity index (χ0v) is 11.5. The molecule has 0 saturated heterocycles. The van der Waals surface area contributed by atoms with Crippen LogP contribution in [0.5, 0.6) is 0 Å². The molecule has 1 fully saturated rings. The van der Waals surface area contributed by atoms with Gasteiger partial charge in [-0.15, -0.1) is 11.3 Å². The van der Waals surface area contributed by atoms with Crippen LogP contribution in [0.25, 0.3) is 0 Å². The molecule has 3 atom stereocenters. The first-order valence-corrected chi connectivity index (χ1v) is 7.34. The summed E-state index contributed by atoms with van der Waals surface area (Å²) in [5.41, 5.74) is 6.36. The Labute approximate surface area is 104 Å². The normalized spacial score (nSPS) is 29.0. The molecule has 0 radical (unpaired) electrons. The van der Waals surface area contributed by atoms with Crippen molar-refractivity contribution in [3.63, 3.8) is 0 Å². The minimum Gasteiger partial charge on any atom is -0.323 e. The second kappa shape index (κ2) is 4.98. The maximum atomic E-state index is 6.36. The Morgan fingerprint density at radius 1 is 1.53 bits per heavy atom. The van der Waals surface area contributed by atoms with Crippen molar-refractivity contribution in [2.24, 2.45) is 17.6 Å². The van der Waals surface area contributed by atoms with Gasteiger partial charge in [0.25, 0.3) is 0 Å². The number of hydrogen-bond donors (Lipinski definition) is 1. The van der Waals surface area contributed by atoms with E-state index in [4.69, 9.17) is 5.73 Å². The highest BCUT2D eigenvalue weighted by molar-refractivity contribution is 9.10. The molecule has 0 spiro atoms. The van der Waals surface area contributed by atoms with Gasteiger partial charge >= 0.3 is 0 Å². The molecule has 1 nitrogen and oxygen atoms in total. The van der Waals surface area contributed by atoms with Gasteiger partial charge in [-0.25, -0.2) is 0 Å². The number of rotatable bonds is 2. The Hall–Kier alpha value is 0.140. The smallest absolute Gasteiger partial charge is 0.0429 e. The van der Waals surface area contributed by atoms with E-state index in [0.717, 1.165) is 5.92 Å². The monoisotopic (exact) mass is 287 g/mol. The van der Waals surface area contributed by atoms with E-state index in [-0.39, 0.29) is 6.04 Å². The molecule has 0 amide bonds. The molecule has 2 rings (SSSR count). The van der Waals surface area contributed by atoms with Crippen LogP contribution in [0.4, 0.5) is 0 Å². The SMILES string of the molecule is CC1CCCC(C(N)c2sccc2Br)C1. The Kier molecular flexibility index (Phi) is 3.86. The first kappa shape index (κ1) is 11.6. The van der Waals surface area contributed by atoms with Gasteiger partial charge in [-0.2, -0.15) is 0 Å². The maximum Gasteiger partial charge on any atom is 0.0429 e. The van der Waals surface area contributed by atoms with Crippen molar-refractivity contribution >= 4 is 27.3 Å². The fourth-order valence-electron chi connectivity index (χ4n) is 2.56. The molecule has 3 unspecified atom stereocenters. The van der Waals surface area contributed by atoms with Gasteiger partial charge in [0.05, 0.1) is 0 Å². The van der Waals surface area contributed by atoms with Gasteiger partial charge in [0.2, 0.25) is 0 Å². The standard InChI is InChI=1S/C12H18BrNS/c1-8-3-2-4-9(7-8)11(14)12-10(13)5-6-15-12/h5-6,8-9,11H,2-4,7,14H2,1H3. The van der Waals surface area contributed by atoms with Gasteiger partial charge in [-0.1, -0.05) is 19.8 Å². The Morgan fingerprint density at radius 3 is 2.93 bits per heavy atom. The van der Waals surface area contributed by atoms with Crippen molar-refractivity contribution in [1.82, 2.24) is 0 Å². The van der Waals surface area contributed by atoms with E-state index in [9.17, 15) is 0 Å². The van der Waals surface area contributed by atoms with E-state index in [1.54, 1.807) is 11.3 Å². The predicted molar refractivity (Wildman–Crippen MR) is 70.1 cm³/mol. The topological polar surface area (TPSA) is 26.0 Å². The third-order valence-corrected chi connectivity index (χ3v) is 5.40. The summed E-state index contributed by atoms with van der Waals surface area (Å²) >= 11 is 5.36. The minimum atomic E-state index is 0.238. The van der Waals surface area contributed by atoms with Crippen molar-refractivity contribution in [3.8, 4) is 0 Å². The molecule has 3 heteroatoms. The zero-order chi connectivity index (χ0) is 10.8. The molecule has 1 aliphatic rings. The van der Waals surface area contributed by atoms with Crippen LogP contribution in [0.1, 0.15) is 43.5 Å². The van der Waals surface area contributed by atoms with Crippen LogP contribution >= 0.6 is 27.3 Å². The Bertz CT molecular complexity index is 323. The van der Waals surface area contributed by atoms with Crippen molar-refractivity contribution in [1.29, 1.82) is 0 Å². The summed E-state index contributed by atoms with van der Waals surface area (Å²) in [6.45, 7) is 2.35. The van der Waals surface area contributed by atoms with Crippen LogP contribution in [-0.4, -0.2) is 0 Å². The summed E-state index contributed by atoms with van der Waals surface area (Å²) in [6.07, 6.45) is 5.33. The molecule has 1 aliphatic carbocycles. The van der Waals surface area contributed by atoms with Crippen molar-refractivity contribution in [2.75, 3.05) is 0 Å². The second-order valence-electron chi connectivity index (χ2n) is 4.69. The predicted octanol–water partition coefficient (Wildman–Crippen LogP) is 4.34. The number of thiophene rings is 1. The molecule has 1 aromatic heterocycles. The van der Waals surface area contributed by atoms with Crippen LogP contribution in [-0.2, 0) is 0 Å². The van der Waals surface area contributed by atoms with E-state index in [2.05, 4.69) is 34.3 Å². The second-order valence-corrected chi connectivity index (χ2v) is 6.49. The molecule has 1 heterocycles. The third-order valence-electron chi connectivity index (χ3n) is 3.43. The average molecular weight is 288 g/mol. The molecule has 0 aliphatic heterocycles. The highest BCUT2D eigenvalue weighted by atomic mass is 79.9. The largest absolute Gasteiger partial charge is 0.323 e. The first-order valence-electron chi connectivity index (χ1n) is 5.67. The quantitative estimate of drug-likeness (QED) is 0.861. The summed E-state index contributed by atoms with van der Waals surface area (Å²) in [4.78, 5) is 1.33. The van der Waals surface area contributed by atoms with Crippen LogP contribution in [0, 0.1) is 11.8 Å². The van der Waals surface area contributed by atoms with Crippen LogP contribution < -0.4 is 5.73 Å². The summed E-state index contributed by atoms with van der Waals surface area (Å²) in [5, 5.41) is 2.12. The summed E-state index contributed by atoms with van der Waals surface area (Å²) in [7, 11) is 0. The lowest BCUT2D eigenvalue weighted by Gasteiger charge is -2.30. The molecule has 0 bridgehead atoms. The molecular formula is C12H18BrNS. The molecule has 2 N–H and O–H groups in total. The zero-order valence-electron chi connectivity index (χ0n) is 9.08. The maximum absolute atomic E-state index is 6.36. The summed E-state index contributed by atoms with van der Waals surface area (Å²) in [6, 6.07) is 2.34. The van der Waals surface area contributed by atoms with Gasteiger partial charge in [0, 0.05) is 15.4 Å². The van der Waals surface area contributed by atoms with Gasteiger partial charge in [-0.05, 0) is 52.1 Å². The van der Waals surface area contributed by atoms with Gasteiger partial charge in [0.1, 0.15) is 0 Å². The molecule has 84 valence electrons. The minimum absolute atomic E-state index is 0.238. The van der Waals surface area contributed by atoms with E-state index >= 15 is 0 Å². The van der Waals surface area contributed by atoms with Crippen molar-refractivity contribution in [3.05, 3.63) is 20.8 Å². The Morgan fingerprint density at radius 2 is 2.33 bits per heavy atom. The van der Waals surface area contributed by atoms with E-state index < -0.39 is 0 Å². The lowest BCUT2D eigenvalue weighted by Crippen LogP contribution is -2.25. The number of halogens is 1. The summed E-state index contributed by atoms with van der Waals surface area (Å²) < 4.78 is 1.19. The number of nitrogens with two attached hydrogens (primary N) is 1. The van der Waals surface area contributed by atoms with Crippen LogP contribution in [0.2, 0.25) is 0 Å². The van der Waals surface area contributed by atoms with Gasteiger partial charge < -0.3 is 5.73 Å².